The summed E-state index contributed by atoms with van der Waals surface area (Å²) in [6.07, 6.45) is -0.422. The summed E-state index contributed by atoms with van der Waals surface area (Å²) in [6, 6.07) is 0. The molecular formula is C10H16O5S. The maximum atomic E-state index is 11.5. The van der Waals surface area contributed by atoms with Gasteiger partial charge in [-0.25, -0.2) is 4.79 Å². The number of hydrogen-bond acceptors (Lipinski definition) is 6. The molecule has 2 unspecified atom stereocenters. The van der Waals surface area contributed by atoms with Crippen molar-refractivity contribution >= 4 is 23.7 Å². The Balaban J connectivity index is 2.28. The Morgan fingerprint density at radius 1 is 1.56 bits per heavy atom. The van der Waals surface area contributed by atoms with Crippen molar-refractivity contribution in [2.24, 2.45) is 0 Å². The van der Waals surface area contributed by atoms with Crippen LogP contribution >= 0.6 is 11.8 Å². The van der Waals surface area contributed by atoms with Crippen molar-refractivity contribution in [3.05, 3.63) is 0 Å². The minimum atomic E-state index is -0.799. The predicted molar refractivity (Wildman–Crippen MR) is 59.0 cm³/mol. The van der Waals surface area contributed by atoms with Crippen molar-refractivity contribution in [3.8, 4) is 0 Å². The molecule has 1 aliphatic heterocycles. The fourth-order valence-electron chi connectivity index (χ4n) is 1.23. The van der Waals surface area contributed by atoms with Gasteiger partial charge in [-0.1, -0.05) is 6.92 Å². The first kappa shape index (κ1) is 13.3. The van der Waals surface area contributed by atoms with Gasteiger partial charge in [0.2, 0.25) is 0 Å². The topological polar surface area (TPSA) is 61.8 Å². The SMILES string of the molecule is CCC(OC(C)=O)C(=O)OCC1CSCO1. The lowest BCUT2D eigenvalue weighted by atomic mass is 10.3. The van der Waals surface area contributed by atoms with Gasteiger partial charge in [0.05, 0.1) is 5.94 Å². The van der Waals surface area contributed by atoms with Crippen LogP contribution in [0.3, 0.4) is 0 Å². The number of ether oxygens (including phenoxy) is 3. The number of esters is 2. The molecule has 5 nitrogen and oxygen atoms in total. The molecule has 1 saturated heterocycles. The molecule has 0 amide bonds. The summed E-state index contributed by atoms with van der Waals surface area (Å²) in [7, 11) is 0. The van der Waals surface area contributed by atoms with Gasteiger partial charge in [-0.05, 0) is 6.42 Å². The van der Waals surface area contributed by atoms with Gasteiger partial charge < -0.3 is 14.2 Å². The van der Waals surface area contributed by atoms with Gasteiger partial charge in [-0.3, -0.25) is 4.79 Å². The van der Waals surface area contributed by atoms with Crippen molar-refractivity contribution in [3.63, 3.8) is 0 Å². The smallest absolute Gasteiger partial charge is 0.347 e. The molecule has 92 valence electrons. The van der Waals surface area contributed by atoms with Crippen molar-refractivity contribution in [2.45, 2.75) is 32.5 Å². The third kappa shape index (κ3) is 4.40. The fraction of sp³-hybridized carbons (Fsp3) is 0.800. The monoisotopic (exact) mass is 248 g/mol. The second-order valence-electron chi connectivity index (χ2n) is 3.41. The highest BCUT2D eigenvalue weighted by Gasteiger charge is 2.24. The Labute approximate surface area is 98.8 Å². The lowest BCUT2D eigenvalue weighted by molar-refractivity contribution is -0.168. The highest BCUT2D eigenvalue weighted by molar-refractivity contribution is 7.99. The van der Waals surface area contributed by atoms with Gasteiger partial charge in [-0.2, -0.15) is 0 Å². The fourth-order valence-corrected chi connectivity index (χ4v) is 2.07. The highest BCUT2D eigenvalue weighted by Crippen LogP contribution is 2.16. The third-order valence-corrected chi connectivity index (χ3v) is 2.95. The van der Waals surface area contributed by atoms with Crippen LogP contribution in [0, 0.1) is 0 Å². The van der Waals surface area contributed by atoms with Crippen molar-refractivity contribution in [2.75, 3.05) is 18.3 Å². The molecule has 0 bridgehead atoms. The van der Waals surface area contributed by atoms with E-state index < -0.39 is 18.0 Å². The van der Waals surface area contributed by atoms with Crippen LogP contribution in [-0.2, 0) is 23.8 Å². The van der Waals surface area contributed by atoms with Crippen molar-refractivity contribution in [1.29, 1.82) is 0 Å². The number of thioether (sulfide) groups is 1. The Morgan fingerprint density at radius 3 is 2.81 bits per heavy atom. The number of carbonyl (C=O) groups excluding carboxylic acids is 2. The Kier molecular flexibility index (Phi) is 5.62. The summed E-state index contributed by atoms with van der Waals surface area (Å²) in [6.45, 7) is 3.26. The summed E-state index contributed by atoms with van der Waals surface area (Å²) >= 11 is 1.66. The van der Waals surface area contributed by atoms with Crippen LogP contribution in [0.5, 0.6) is 0 Å². The van der Waals surface area contributed by atoms with E-state index in [1.807, 2.05) is 0 Å². The summed E-state index contributed by atoms with van der Waals surface area (Å²) < 4.78 is 15.1. The molecule has 1 fully saturated rings. The number of hydrogen-bond donors (Lipinski definition) is 0. The van der Waals surface area contributed by atoms with Gasteiger partial charge in [0.15, 0.2) is 6.10 Å². The zero-order valence-electron chi connectivity index (χ0n) is 9.43. The largest absolute Gasteiger partial charge is 0.460 e. The Bertz CT molecular complexity index is 250. The van der Waals surface area contributed by atoms with Crippen molar-refractivity contribution < 1.29 is 23.8 Å². The molecule has 16 heavy (non-hydrogen) atoms. The second kappa shape index (κ2) is 6.75. The predicted octanol–water partition coefficient (Wildman–Crippen LogP) is 0.961. The first-order valence-corrected chi connectivity index (χ1v) is 6.32. The third-order valence-electron chi connectivity index (χ3n) is 2.04. The van der Waals surface area contributed by atoms with Crippen LogP contribution in [0.2, 0.25) is 0 Å². The summed E-state index contributed by atoms with van der Waals surface area (Å²) in [5.74, 6) is 0.496. The quantitative estimate of drug-likeness (QED) is 0.675. The molecule has 1 aliphatic rings. The maximum absolute atomic E-state index is 11.5. The van der Waals surface area contributed by atoms with Crippen LogP contribution in [0.15, 0.2) is 0 Å². The van der Waals surface area contributed by atoms with Crippen LogP contribution in [0.4, 0.5) is 0 Å². The second-order valence-corrected chi connectivity index (χ2v) is 4.39. The first-order chi connectivity index (χ1) is 7.63. The highest BCUT2D eigenvalue weighted by atomic mass is 32.2. The normalized spacial score (nSPS) is 21.5. The molecule has 6 heteroatoms. The van der Waals surface area contributed by atoms with Gasteiger partial charge in [0.25, 0.3) is 0 Å². The maximum Gasteiger partial charge on any atom is 0.347 e. The van der Waals surface area contributed by atoms with E-state index in [9.17, 15) is 9.59 Å². The zero-order valence-corrected chi connectivity index (χ0v) is 10.2. The molecular weight excluding hydrogens is 232 g/mol. The minimum Gasteiger partial charge on any atom is -0.460 e. The molecule has 0 aromatic heterocycles. The molecule has 0 aromatic rings. The van der Waals surface area contributed by atoms with Crippen molar-refractivity contribution in [1.82, 2.24) is 0 Å². The van der Waals surface area contributed by atoms with E-state index >= 15 is 0 Å². The molecule has 0 radical (unpaired) electrons. The van der Waals surface area contributed by atoms with E-state index in [1.165, 1.54) is 6.92 Å². The van der Waals surface area contributed by atoms with E-state index in [1.54, 1.807) is 18.7 Å². The Hall–Kier alpha value is -0.750. The van der Waals surface area contributed by atoms with Gasteiger partial charge in [-0.15, -0.1) is 11.8 Å². The van der Waals surface area contributed by atoms with Gasteiger partial charge in [0, 0.05) is 12.7 Å². The molecule has 1 heterocycles. The summed E-state index contributed by atoms with van der Waals surface area (Å²) in [5, 5.41) is 0. The average molecular weight is 248 g/mol. The van der Waals surface area contributed by atoms with E-state index in [2.05, 4.69) is 0 Å². The van der Waals surface area contributed by atoms with Crippen LogP contribution in [0.1, 0.15) is 20.3 Å². The molecule has 0 spiro atoms. The molecule has 0 aliphatic carbocycles. The van der Waals surface area contributed by atoms with Gasteiger partial charge >= 0.3 is 11.9 Å². The summed E-state index contributed by atoms with van der Waals surface area (Å²) in [5.41, 5.74) is 0. The summed E-state index contributed by atoms with van der Waals surface area (Å²) in [4.78, 5) is 22.2. The molecule has 0 N–H and O–H groups in total. The molecule has 0 saturated carbocycles. The number of rotatable bonds is 5. The number of carbonyl (C=O) groups is 2. The Morgan fingerprint density at radius 2 is 2.31 bits per heavy atom. The first-order valence-electron chi connectivity index (χ1n) is 5.16. The van der Waals surface area contributed by atoms with Crippen LogP contribution in [0.25, 0.3) is 0 Å². The zero-order chi connectivity index (χ0) is 12.0. The standard InChI is InChI=1S/C10H16O5S/c1-3-9(15-7(2)11)10(12)13-4-8-5-16-6-14-8/h8-9H,3-6H2,1-2H3. The minimum absolute atomic E-state index is 0.0382. The van der Waals surface area contributed by atoms with E-state index in [4.69, 9.17) is 14.2 Å². The van der Waals surface area contributed by atoms with Gasteiger partial charge in [0.1, 0.15) is 12.7 Å². The van der Waals surface area contributed by atoms with E-state index in [0.717, 1.165) is 5.75 Å². The van der Waals surface area contributed by atoms with Crippen LogP contribution in [-0.4, -0.2) is 42.4 Å². The van der Waals surface area contributed by atoms with E-state index in [0.29, 0.717) is 12.4 Å². The molecule has 1 rings (SSSR count). The van der Waals surface area contributed by atoms with Crippen LogP contribution < -0.4 is 0 Å². The molecule has 0 aromatic carbocycles. The van der Waals surface area contributed by atoms with E-state index in [-0.39, 0.29) is 12.7 Å². The average Bonchev–Trinajstić information content (AvgIpc) is 2.75. The lowest BCUT2D eigenvalue weighted by Gasteiger charge is -2.15. The lowest BCUT2D eigenvalue weighted by Crippen LogP contribution is -2.30. The molecule has 2 atom stereocenters.